The van der Waals surface area contributed by atoms with Crippen molar-refractivity contribution in [1.82, 2.24) is 25.4 Å². The standard InChI is InChI=1S/C21H17F2N5O2/c1-28(21(30)10-2-3-11-7-25-27-16(11)4-10)18-9-24-8-17-19(18)12-5-14(22)15(23)6-13(12)20(29)26-17/h2-7,18,24H,8-9H2,1H3,(H,25,27)(H,26,29)/t18-/m0/s1. The number of hydrogen-bond donors (Lipinski definition) is 3. The third-order valence-corrected chi connectivity index (χ3v) is 5.63. The highest BCUT2D eigenvalue weighted by molar-refractivity contribution is 5.98. The van der Waals surface area contributed by atoms with Gasteiger partial charge in [0.05, 0.1) is 23.1 Å². The van der Waals surface area contributed by atoms with Gasteiger partial charge in [0.1, 0.15) is 0 Å². The predicted molar refractivity (Wildman–Crippen MR) is 107 cm³/mol. The van der Waals surface area contributed by atoms with Crippen molar-refractivity contribution >= 4 is 27.6 Å². The summed E-state index contributed by atoms with van der Waals surface area (Å²) in [4.78, 5) is 29.9. The molecule has 0 saturated carbocycles. The first kappa shape index (κ1) is 18.4. The first-order valence-electron chi connectivity index (χ1n) is 9.39. The average Bonchev–Trinajstić information content (AvgIpc) is 3.21. The summed E-state index contributed by atoms with van der Waals surface area (Å²) in [6.07, 6.45) is 1.67. The first-order valence-corrected chi connectivity index (χ1v) is 9.39. The molecule has 0 unspecified atom stereocenters. The molecule has 5 rings (SSSR count). The Morgan fingerprint density at radius 2 is 1.93 bits per heavy atom. The zero-order chi connectivity index (χ0) is 21.0. The van der Waals surface area contributed by atoms with Crippen LogP contribution >= 0.6 is 0 Å². The fourth-order valence-electron chi connectivity index (χ4n) is 4.09. The summed E-state index contributed by atoms with van der Waals surface area (Å²) in [6, 6.07) is 6.69. The van der Waals surface area contributed by atoms with Crippen LogP contribution in [0.5, 0.6) is 0 Å². The maximum atomic E-state index is 14.0. The summed E-state index contributed by atoms with van der Waals surface area (Å²) in [5, 5.41) is 11.2. The molecule has 30 heavy (non-hydrogen) atoms. The van der Waals surface area contributed by atoms with E-state index in [0.29, 0.717) is 35.3 Å². The molecule has 1 amide bonds. The Morgan fingerprint density at radius 1 is 1.17 bits per heavy atom. The first-order chi connectivity index (χ1) is 14.4. The Kier molecular flexibility index (Phi) is 4.14. The van der Waals surface area contributed by atoms with E-state index in [0.717, 1.165) is 23.0 Å². The summed E-state index contributed by atoms with van der Waals surface area (Å²) in [6.45, 7) is 0.764. The highest BCUT2D eigenvalue weighted by atomic mass is 19.2. The van der Waals surface area contributed by atoms with Gasteiger partial charge >= 0.3 is 0 Å². The molecule has 9 heteroatoms. The summed E-state index contributed by atoms with van der Waals surface area (Å²) in [7, 11) is 1.65. The molecule has 4 aromatic rings. The summed E-state index contributed by atoms with van der Waals surface area (Å²) < 4.78 is 27.8. The number of halogens is 2. The van der Waals surface area contributed by atoms with Gasteiger partial charge in [0.15, 0.2) is 11.6 Å². The zero-order valence-electron chi connectivity index (χ0n) is 15.9. The molecular weight excluding hydrogens is 392 g/mol. The maximum Gasteiger partial charge on any atom is 0.256 e. The summed E-state index contributed by atoms with van der Waals surface area (Å²) in [5.74, 6) is -2.37. The van der Waals surface area contributed by atoms with E-state index in [1.54, 1.807) is 36.3 Å². The van der Waals surface area contributed by atoms with E-state index in [1.807, 2.05) is 0 Å². The number of fused-ring (bicyclic) bond motifs is 4. The second-order valence-corrected chi connectivity index (χ2v) is 7.39. The number of nitrogens with one attached hydrogen (secondary N) is 3. The van der Waals surface area contributed by atoms with Crippen LogP contribution in [0.25, 0.3) is 21.7 Å². The second-order valence-electron chi connectivity index (χ2n) is 7.39. The molecule has 152 valence electrons. The molecule has 0 spiro atoms. The Morgan fingerprint density at radius 3 is 2.73 bits per heavy atom. The number of benzene rings is 2. The van der Waals surface area contributed by atoms with Crippen LogP contribution in [0.4, 0.5) is 8.78 Å². The van der Waals surface area contributed by atoms with Gasteiger partial charge in [-0.15, -0.1) is 0 Å². The van der Waals surface area contributed by atoms with Crippen LogP contribution in [0.1, 0.15) is 27.7 Å². The van der Waals surface area contributed by atoms with Gasteiger partial charge in [-0.1, -0.05) is 6.07 Å². The van der Waals surface area contributed by atoms with Crippen molar-refractivity contribution in [3.63, 3.8) is 0 Å². The highest BCUT2D eigenvalue weighted by Gasteiger charge is 2.30. The monoisotopic (exact) mass is 409 g/mol. The van der Waals surface area contributed by atoms with Gasteiger partial charge in [0.2, 0.25) is 0 Å². The minimum Gasteiger partial charge on any atom is -0.333 e. The minimum absolute atomic E-state index is 0.0549. The molecule has 1 aliphatic rings. The minimum atomic E-state index is -1.09. The van der Waals surface area contributed by atoms with Crippen molar-refractivity contribution in [3.8, 4) is 0 Å². The number of likely N-dealkylation sites (N-methyl/N-ethyl adjacent to an activating group) is 1. The topological polar surface area (TPSA) is 93.9 Å². The Bertz CT molecular complexity index is 1380. The van der Waals surface area contributed by atoms with E-state index in [-0.39, 0.29) is 11.3 Å². The third-order valence-electron chi connectivity index (χ3n) is 5.63. The van der Waals surface area contributed by atoms with Crippen molar-refractivity contribution < 1.29 is 13.6 Å². The van der Waals surface area contributed by atoms with Crippen LogP contribution in [-0.2, 0) is 6.54 Å². The number of nitrogens with zero attached hydrogens (tertiary/aromatic N) is 2. The molecule has 2 aromatic carbocycles. The number of rotatable bonds is 2. The second kappa shape index (κ2) is 6.74. The molecule has 1 aliphatic heterocycles. The third kappa shape index (κ3) is 2.78. The van der Waals surface area contributed by atoms with E-state index in [1.165, 1.54) is 0 Å². The smallest absolute Gasteiger partial charge is 0.256 e. The van der Waals surface area contributed by atoms with E-state index in [9.17, 15) is 18.4 Å². The Hall–Kier alpha value is -3.59. The molecule has 3 heterocycles. The molecule has 0 radical (unpaired) electrons. The average molecular weight is 409 g/mol. The molecule has 0 aliphatic carbocycles. The number of carbonyl (C=O) groups is 1. The zero-order valence-corrected chi connectivity index (χ0v) is 15.9. The number of amides is 1. The maximum absolute atomic E-state index is 14.0. The SMILES string of the molecule is CN(C(=O)c1ccc2cn[nH]c2c1)[C@H]1CNCc2[nH]c(=O)c3cc(F)c(F)cc3c21. The van der Waals surface area contributed by atoms with Crippen molar-refractivity contribution in [2.45, 2.75) is 12.6 Å². The normalized spacial score (nSPS) is 16.0. The van der Waals surface area contributed by atoms with E-state index in [2.05, 4.69) is 20.5 Å². The van der Waals surface area contributed by atoms with Crippen LogP contribution < -0.4 is 10.9 Å². The van der Waals surface area contributed by atoms with Crippen LogP contribution in [0, 0.1) is 11.6 Å². The number of carbonyl (C=O) groups excluding carboxylic acids is 1. The number of H-pyrrole nitrogens is 2. The van der Waals surface area contributed by atoms with E-state index < -0.39 is 23.2 Å². The van der Waals surface area contributed by atoms with Crippen molar-refractivity contribution in [2.24, 2.45) is 0 Å². The van der Waals surface area contributed by atoms with Crippen LogP contribution in [0.15, 0.2) is 41.3 Å². The molecule has 7 nitrogen and oxygen atoms in total. The summed E-state index contributed by atoms with van der Waals surface area (Å²) >= 11 is 0. The Balaban J connectivity index is 1.62. The lowest BCUT2D eigenvalue weighted by molar-refractivity contribution is 0.0723. The van der Waals surface area contributed by atoms with Crippen LogP contribution in [-0.4, -0.2) is 39.6 Å². The molecule has 0 fully saturated rings. The molecule has 3 N–H and O–H groups in total. The predicted octanol–water partition coefficient (Wildman–Crippen LogP) is 2.60. The molecular formula is C21H17F2N5O2. The van der Waals surface area contributed by atoms with Crippen molar-refractivity contribution in [2.75, 3.05) is 13.6 Å². The van der Waals surface area contributed by atoms with Crippen LogP contribution in [0.3, 0.4) is 0 Å². The lowest BCUT2D eigenvalue weighted by atomic mass is 9.93. The number of aromatic nitrogens is 3. The number of hydrogen-bond acceptors (Lipinski definition) is 4. The number of aromatic amines is 2. The lowest BCUT2D eigenvalue weighted by Crippen LogP contribution is -2.42. The Labute approximate surface area is 168 Å². The fraction of sp³-hybridized carbons (Fsp3) is 0.190. The van der Waals surface area contributed by atoms with Crippen LogP contribution in [0.2, 0.25) is 0 Å². The summed E-state index contributed by atoms with van der Waals surface area (Å²) in [5.41, 5.74) is 1.87. The molecule has 2 aromatic heterocycles. The van der Waals surface area contributed by atoms with Gasteiger partial charge in [-0.2, -0.15) is 5.10 Å². The number of pyridine rings is 1. The van der Waals surface area contributed by atoms with E-state index >= 15 is 0 Å². The van der Waals surface area contributed by atoms with Gasteiger partial charge in [-0.25, -0.2) is 8.78 Å². The fourth-order valence-corrected chi connectivity index (χ4v) is 4.09. The van der Waals surface area contributed by atoms with Gasteiger partial charge in [-0.3, -0.25) is 14.7 Å². The quantitative estimate of drug-likeness (QED) is 0.474. The molecule has 0 saturated heterocycles. The van der Waals surface area contributed by atoms with Gasteiger partial charge < -0.3 is 15.2 Å². The van der Waals surface area contributed by atoms with Gasteiger partial charge in [0, 0.05) is 42.3 Å². The largest absolute Gasteiger partial charge is 0.333 e. The molecule has 0 bridgehead atoms. The van der Waals surface area contributed by atoms with Gasteiger partial charge in [0.25, 0.3) is 11.5 Å². The van der Waals surface area contributed by atoms with Crippen molar-refractivity contribution in [1.29, 1.82) is 0 Å². The molecule has 1 atom stereocenters. The lowest BCUT2D eigenvalue weighted by Gasteiger charge is -2.34. The highest BCUT2D eigenvalue weighted by Crippen LogP contribution is 2.32. The van der Waals surface area contributed by atoms with Gasteiger partial charge in [-0.05, 0) is 29.7 Å². The van der Waals surface area contributed by atoms with E-state index in [4.69, 9.17) is 0 Å². The van der Waals surface area contributed by atoms with Crippen molar-refractivity contribution in [3.05, 3.63) is 75.3 Å².